The number of hydrogen-bond donors (Lipinski definition) is 2. The van der Waals surface area contributed by atoms with Crippen molar-refractivity contribution in [1.29, 1.82) is 0 Å². The fourth-order valence-electron chi connectivity index (χ4n) is 2.82. The van der Waals surface area contributed by atoms with Crippen LogP contribution in [0.2, 0.25) is 0 Å². The number of nitrogen functional groups attached to an aromatic ring is 1. The Kier molecular flexibility index (Phi) is 6.50. The van der Waals surface area contributed by atoms with Gasteiger partial charge in [-0.1, -0.05) is 23.3 Å². The van der Waals surface area contributed by atoms with E-state index in [1.807, 2.05) is 6.08 Å². The van der Waals surface area contributed by atoms with Crippen molar-refractivity contribution in [3.8, 4) is 11.5 Å². The van der Waals surface area contributed by atoms with Crippen LogP contribution < -0.4 is 16.0 Å². The first-order valence-electron chi connectivity index (χ1n) is 8.92. The molecule has 1 aromatic heterocycles. The largest absolute Gasteiger partial charge is 0.504 e. The maximum atomic E-state index is 12.8. The van der Waals surface area contributed by atoms with Gasteiger partial charge in [0.1, 0.15) is 0 Å². The molecule has 0 aliphatic heterocycles. The van der Waals surface area contributed by atoms with Gasteiger partial charge in [-0.2, -0.15) is 0 Å². The molecule has 5 nitrogen and oxygen atoms in total. The summed E-state index contributed by atoms with van der Waals surface area (Å²) in [6.07, 6.45) is 6.16. The summed E-state index contributed by atoms with van der Waals surface area (Å²) in [4.78, 5) is 12.8. The molecule has 0 amide bonds. The lowest BCUT2D eigenvalue weighted by Gasteiger charge is -2.14. The molecule has 1 aromatic carbocycles. The van der Waals surface area contributed by atoms with Crippen molar-refractivity contribution in [1.82, 2.24) is 4.57 Å². The van der Waals surface area contributed by atoms with E-state index in [0.29, 0.717) is 29.7 Å². The number of benzene rings is 1. The van der Waals surface area contributed by atoms with Crippen LogP contribution in [0.3, 0.4) is 0 Å². The Morgan fingerprint density at radius 3 is 2.65 bits per heavy atom. The van der Waals surface area contributed by atoms with Gasteiger partial charge in [0.25, 0.3) is 5.56 Å². The number of allylic oxidation sites excluding steroid dienone is 4. The zero-order valence-corrected chi connectivity index (χ0v) is 16.0. The fraction of sp³-hybridized carbons (Fsp3) is 0.381. The predicted molar refractivity (Wildman–Crippen MR) is 108 cm³/mol. The number of fused-ring (bicyclic) bond motifs is 1. The standard InChI is InChI=1S/C21H28N2O3/c1-5-26-20-19(24)17-10-9-16(22)13-18(17)23(21(20)25)12-11-15(4)8-6-7-14(2)3/h7,9-11,13,24H,5-6,8,12,22H2,1-4H3/b15-11+. The van der Waals surface area contributed by atoms with Crippen LogP contribution in [0, 0.1) is 0 Å². The molecule has 2 rings (SSSR count). The van der Waals surface area contributed by atoms with Gasteiger partial charge in [-0.25, -0.2) is 0 Å². The van der Waals surface area contributed by atoms with Crippen LogP contribution in [-0.4, -0.2) is 16.3 Å². The molecule has 2 aromatic rings. The van der Waals surface area contributed by atoms with Gasteiger partial charge in [0.2, 0.25) is 5.75 Å². The molecule has 0 aliphatic rings. The molecule has 0 atom stereocenters. The second-order valence-corrected chi connectivity index (χ2v) is 6.67. The van der Waals surface area contributed by atoms with Gasteiger partial charge < -0.3 is 20.1 Å². The van der Waals surface area contributed by atoms with Crippen LogP contribution in [0.5, 0.6) is 11.5 Å². The number of ether oxygens (including phenoxy) is 1. The van der Waals surface area contributed by atoms with Crippen LogP contribution in [0.15, 0.2) is 46.3 Å². The van der Waals surface area contributed by atoms with Crippen molar-refractivity contribution < 1.29 is 9.84 Å². The number of nitrogens with zero attached hydrogens (tertiary/aromatic N) is 1. The van der Waals surface area contributed by atoms with E-state index in [-0.39, 0.29) is 17.1 Å². The van der Waals surface area contributed by atoms with Gasteiger partial charge in [-0.15, -0.1) is 0 Å². The quantitative estimate of drug-likeness (QED) is 0.570. The molecule has 0 saturated carbocycles. The minimum atomic E-state index is -0.351. The Labute approximate surface area is 154 Å². The lowest BCUT2D eigenvalue weighted by molar-refractivity contribution is 0.312. The molecule has 0 fully saturated rings. The van der Waals surface area contributed by atoms with Crippen LogP contribution in [0.1, 0.15) is 40.5 Å². The first-order chi connectivity index (χ1) is 12.3. The Hall–Kier alpha value is -2.69. The minimum Gasteiger partial charge on any atom is -0.504 e. The smallest absolute Gasteiger partial charge is 0.297 e. The molecule has 5 heteroatoms. The summed E-state index contributed by atoms with van der Waals surface area (Å²) in [7, 11) is 0. The van der Waals surface area contributed by atoms with E-state index < -0.39 is 0 Å². The van der Waals surface area contributed by atoms with Crippen LogP contribution >= 0.6 is 0 Å². The molecule has 26 heavy (non-hydrogen) atoms. The number of nitrogens with two attached hydrogens (primary N) is 1. The maximum absolute atomic E-state index is 12.8. The van der Waals surface area contributed by atoms with E-state index in [4.69, 9.17) is 10.5 Å². The minimum absolute atomic E-state index is 0.0136. The van der Waals surface area contributed by atoms with Gasteiger partial charge >= 0.3 is 0 Å². The fourth-order valence-corrected chi connectivity index (χ4v) is 2.82. The van der Waals surface area contributed by atoms with Crippen molar-refractivity contribution in [3.63, 3.8) is 0 Å². The highest BCUT2D eigenvalue weighted by atomic mass is 16.5. The predicted octanol–water partition coefficient (Wildman–Crippen LogP) is 4.38. The zero-order chi connectivity index (χ0) is 19.3. The summed E-state index contributed by atoms with van der Waals surface area (Å²) in [5.41, 5.74) is 9.19. The molecular weight excluding hydrogens is 328 g/mol. The molecule has 3 N–H and O–H groups in total. The van der Waals surface area contributed by atoms with Gasteiger partial charge in [0.15, 0.2) is 5.75 Å². The summed E-state index contributed by atoms with van der Waals surface area (Å²) in [5.74, 6) is -0.146. The van der Waals surface area contributed by atoms with Gasteiger partial charge in [-0.05, 0) is 58.7 Å². The Balaban J connectivity index is 2.46. The molecule has 0 spiro atoms. The molecule has 1 heterocycles. The zero-order valence-electron chi connectivity index (χ0n) is 16.0. The average Bonchev–Trinajstić information content (AvgIpc) is 2.58. The summed E-state index contributed by atoms with van der Waals surface area (Å²) < 4.78 is 7.00. The maximum Gasteiger partial charge on any atom is 0.297 e. The van der Waals surface area contributed by atoms with E-state index in [2.05, 4.69) is 26.8 Å². The molecule has 0 radical (unpaired) electrons. The normalized spacial score (nSPS) is 11.6. The third kappa shape index (κ3) is 4.48. The van der Waals surface area contributed by atoms with Gasteiger partial charge in [0, 0.05) is 17.6 Å². The second kappa shape index (κ2) is 8.61. The molecule has 140 valence electrons. The van der Waals surface area contributed by atoms with Crippen molar-refractivity contribution in [3.05, 3.63) is 51.9 Å². The number of hydrogen-bond acceptors (Lipinski definition) is 4. The first-order valence-corrected chi connectivity index (χ1v) is 8.92. The van der Waals surface area contributed by atoms with Crippen molar-refractivity contribution >= 4 is 16.6 Å². The Morgan fingerprint density at radius 1 is 1.27 bits per heavy atom. The van der Waals surface area contributed by atoms with E-state index in [1.54, 1.807) is 29.7 Å². The topological polar surface area (TPSA) is 77.5 Å². The van der Waals surface area contributed by atoms with Crippen LogP contribution in [-0.2, 0) is 6.54 Å². The number of rotatable bonds is 7. The average molecular weight is 356 g/mol. The molecular formula is C21H28N2O3. The highest BCUT2D eigenvalue weighted by Gasteiger charge is 2.17. The highest BCUT2D eigenvalue weighted by molar-refractivity contribution is 5.89. The second-order valence-electron chi connectivity index (χ2n) is 6.67. The van der Waals surface area contributed by atoms with Gasteiger partial charge in [0.05, 0.1) is 12.1 Å². The monoisotopic (exact) mass is 356 g/mol. The first kappa shape index (κ1) is 19.6. The van der Waals surface area contributed by atoms with E-state index >= 15 is 0 Å². The Morgan fingerprint density at radius 2 is 2.00 bits per heavy atom. The summed E-state index contributed by atoms with van der Waals surface area (Å²) in [6, 6.07) is 5.12. The van der Waals surface area contributed by atoms with E-state index in [1.165, 1.54) is 11.1 Å². The van der Waals surface area contributed by atoms with Crippen molar-refractivity contribution in [2.24, 2.45) is 0 Å². The number of pyridine rings is 1. The van der Waals surface area contributed by atoms with Gasteiger partial charge in [-0.3, -0.25) is 4.79 Å². The number of anilines is 1. The third-order valence-electron chi connectivity index (χ3n) is 4.22. The summed E-state index contributed by atoms with van der Waals surface area (Å²) in [6.45, 7) is 8.72. The van der Waals surface area contributed by atoms with Crippen molar-refractivity contribution in [2.45, 2.75) is 47.1 Å². The van der Waals surface area contributed by atoms with Crippen LogP contribution in [0.4, 0.5) is 5.69 Å². The molecule has 0 bridgehead atoms. The third-order valence-corrected chi connectivity index (χ3v) is 4.22. The van der Waals surface area contributed by atoms with E-state index in [9.17, 15) is 9.90 Å². The summed E-state index contributed by atoms with van der Waals surface area (Å²) in [5, 5.41) is 11.0. The number of aromatic nitrogens is 1. The number of aromatic hydroxyl groups is 1. The SMILES string of the molecule is CCOc1c(O)c2ccc(N)cc2n(C/C=C(\C)CCC=C(C)C)c1=O. The van der Waals surface area contributed by atoms with Crippen molar-refractivity contribution in [2.75, 3.05) is 12.3 Å². The van der Waals surface area contributed by atoms with E-state index in [0.717, 1.165) is 12.8 Å². The molecule has 0 unspecified atom stereocenters. The molecule has 0 saturated heterocycles. The lowest BCUT2D eigenvalue weighted by Crippen LogP contribution is -2.22. The van der Waals surface area contributed by atoms with Crippen LogP contribution in [0.25, 0.3) is 10.9 Å². The lowest BCUT2D eigenvalue weighted by atomic mass is 10.1. The summed E-state index contributed by atoms with van der Waals surface area (Å²) >= 11 is 0. The molecule has 0 aliphatic carbocycles. The Bertz CT molecular complexity index is 904. The highest BCUT2D eigenvalue weighted by Crippen LogP contribution is 2.32.